The van der Waals surface area contributed by atoms with E-state index in [4.69, 9.17) is 16.3 Å². The van der Waals surface area contributed by atoms with Crippen LogP contribution in [0.1, 0.15) is 15.9 Å². The number of rotatable bonds is 7. The maximum atomic E-state index is 13.4. The van der Waals surface area contributed by atoms with Crippen LogP contribution >= 0.6 is 11.6 Å². The molecule has 9 nitrogen and oxygen atoms in total. The average Bonchev–Trinajstić information content (AvgIpc) is 2.79. The maximum Gasteiger partial charge on any atom is 0.573 e. The molecule has 0 aliphatic rings. The second kappa shape index (κ2) is 10.4. The van der Waals surface area contributed by atoms with Crippen LogP contribution in [-0.2, 0) is 16.2 Å². The van der Waals surface area contributed by atoms with Gasteiger partial charge in [-0.05, 0) is 43.4 Å². The van der Waals surface area contributed by atoms with Crippen molar-refractivity contribution in [1.29, 1.82) is 0 Å². The number of carbonyl (C=O) groups excluding carboxylic acids is 1. The van der Waals surface area contributed by atoms with Gasteiger partial charge in [0, 0.05) is 6.07 Å². The summed E-state index contributed by atoms with van der Waals surface area (Å²) in [4.78, 5) is 12.9. The number of sulfonamides is 1. The summed E-state index contributed by atoms with van der Waals surface area (Å²) in [5.41, 5.74) is -2.07. The summed E-state index contributed by atoms with van der Waals surface area (Å²) >= 11 is 5.73. The van der Waals surface area contributed by atoms with Gasteiger partial charge in [-0.1, -0.05) is 11.6 Å². The number of nitrogens with zero attached hydrogens (tertiary/aromatic N) is 2. The van der Waals surface area contributed by atoms with Gasteiger partial charge in [-0.3, -0.25) is 4.79 Å². The molecule has 0 bridgehead atoms. The van der Waals surface area contributed by atoms with E-state index in [0.29, 0.717) is 12.1 Å². The average molecular weight is 571 g/mol. The third-order valence-electron chi connectivity index (χ3n) is 4.34. The number of amides is 1. The Kier molecular flexibility index (Phi) is 7.85. The molecule has 3 aromatic rings. The van der Waals surface area contributed by atoms with Crippen molar-refractivity contribution in [2.75, 3.05) is 12.4 Å². The molecule has 0 radical (unpaired) electrons. The lowest BCUT2D eigenvalue weighted by Crippen LogP contribution is -2.21. The number of ether oxygens (including phenoxy) is 2. The fraction of sp³-hybridized carbons (Fsp3) is 0.150. The standard InChI is InChI=1S/C20H13ClF6N4O5S/c1-28-37(33,34)17-6-10(9-29-31-17)30-18(32)13-7-15(21)14(19(22,23)24)8-16(13)35-11-2-4-12(5-3-11)36-20(25,26)27/h2-9,28H,1H3,(H,30,31,32). The minimum atomic E-state index is -4.97. The highest BCUT2D eigenvalue weighted by Gasteiger charge is 2.35. The van der Waals surface area contributed by atoms with E-state index < -0.39 is 61.1 Å². The molecular formula is C20H13ClF6N4O5S. The Morgan fingerprint density at radius 1 is 1.00 bits per heavy atom. The molecule has 198 valence electrons. The fourth-order valence-corrected chi connectivity index (χ4v) is 3.64. The summed E-state index contributed by atoms with van der Waals surface area (Å²) in [7, 11) is -2.93. The van der Waals surface area contributed by atoms with Crippen LogP contribution in [0.3, 0.4) is 0 Å². The molecule has 3 rings (SSSR count). The second-order valence-electron chi connectivity index (χ2n) is 6.89. The summed E-state index contributed by atoms with van der Waals surface area (Å²) in [6, 6.07) is 5.64. The molecule has 17 heteroatoms. The summed E-state index contributed by atoms with van der Waals surface area (Å²) in [6.07, 6.45) is -8.95. The summed E-state index contributed by atoms with van der Waals surface area (Å²) in [6.45, 7) is 0. The zero-order chi connectivity index (χ0) is 27.6. The van der Waals surface area contributed by atoms with Gasteiger partial charge in [-0.25, -0.2) is 13.1 Å². The van der Waals surface area contributed by atoms with Gasteiger partial charge in [0.1, 0.15) is 17.2 Å². The van der Waals surface area contributed by atoms with Crippen molar-refractivity contribution in [2.24, 2.45) is 0 Å². The molecule has 0 aliphatic carbocycles. The van der Waals surface area contributed by atoms with Crippen LogP contribution < -0.4 is 19.5 Å². The van der Waals surface area contributed by atoms with Crippen LogP contribution in [0.15, 0.2) is 53.7 Å². The van der Waals surface area contributed by atoms with Crippen molar-refractivity contribution in [3.63, 3.8) is 0 Å². The molecule has 37 heavy (non-hydrogen) atoms. The predicted molar refractivity (Wildman–Crippen MR) is 116 cm³/mol. The highest BCUT2D eigenvalue weighted by atomic mass is 35.5. The van der Waals surface area contributed by atoms with Gasteiger partial charge < -0.3 is 14.8 Å². The lowest BCUT2D eigenvalue weighted by atomic mass is 10.1. The monoisotopic (exact) mass is 570 g/mol. The Morgan fingerprint density at radius 2 is 1.62 bits per heavy atom. The third kappa shape index (κ3) is 7.21. The van der Waals surface area contributed by atoms with E-state index in [9.17, 15) is 39.6 Å². The second-order valence-corrected chi connectivity index (χ2v) is 9.13. The van der Waals surface area contributed by atoms with E-state index in [1.54, 1.807) is 0 Å². The van der Waals surface area contributed by atoms with Gasteiger partial charge >= 0.3 is 12.5 Å². The highest BCUT2D eigenvalue weighted by molar-refractivity contribution is 7.89. The lowest BCUT2D eigenvalue weighted by molar-refractivity contribution is -0.274. The maximum absolute atomic E-state index is 13.4. The first kappa shape index (κ1) is 27.9. The molecule has 2 N–H and O–H groups in total. The molecule has 1 aromatic heterocycles. The molecule has 0 saturated heterocycles. The van der Waals surface area contributed by atoms with Crippen LogP contribution in [0.2, 0.25) is 5.02 Å². The quantitative estimate of drug-likeness (QED) is 0.384. The first-order chi connectivity index (χ1) is 17.1. The van der Waals surface area contributed by atoms with Gasteiger partial charge in [0.2, 0.25) is 0 Å². The highest BCUT2D eigenvalue weighted by Crippen LogP contribution is 2.40. The lowest BCUT2D eigenvalue weighted by Gasteiger charge is -2.16. The van der Waals surface area contributed by atoms with Crippen LogP contribution in [0, 0.1) is 0 Å². The van der Waals surface area contributed by atoms with Gasteiger partial charge in [0.05, 0.1) is 28.0 Å². The normalized spacial score (nSPS) is 12.2. The molecule has 1 heterocycles. The minimum absolute atomic E-state index is 0.190. The Balaban J connectivity index is 1.98. The van der Waals surface area contributed by atoms with Crippen molar-refractivity contribution in [3.05, 3.63) is 64.8 Å². The van der Waals surface area contributed by atoms with Crippen molar-refractivity contribution < 1.29 is 49.0 Å². The van der Waals surface area contributed by atoms with E-state index in [1.807, 2.05) is 4.72 Å². The molecule has 0 fully saturated rings. The van der Waals surface area contributed by atoms with E-state index in [1.165, 1.54) is 0 Å². The zero-order valence-corrected chi connectivity index (χ0v) is 19.7. The molecule has 0 aliphatic heterocycles. The van der Waals surface area contributed by atoms with E-state index in [-0.39, 0.29) is 11.4 Å². The van der Waals surface area contributed by atoms with Gasteiger partial charge in [-0.15, -0.1) is 18.3 Å². The van der Waals surface area contributed by atoms with E-state index in [2.05, 4.69) is 20.3 Å². The number of nitrogens with one attached hydrogen (secondary N) is 2. The number of anilines is 1. The SMILES string of the molecule is CNS(=O)(=O)c1cc(NC(=O)c2cc(Cl)c(C(F)(F)F)cc2Oc2ccc(OC(F)(F)F)cc2)cnn1. The van der Waals surface area contributed by atoms with Gasteiger partial charge in [0.15, 0.2) is 5.03 Å². The van der Waals surface area contributed by atoms with Crippen molar-refractivity contribution in [2.45, 2.75) is 17.6 Å². The first-order valence-electron chi connectivity index (χ1n) is 9.61. The Hall–Kier alpha value is -3.63. The summed E-state index contributed by atoms with van der Waals surface area (Å²) in [5.74, 6) is -2.61. The van der Waals surface area contributed by atoms with E-state index >= 15 is 0 Å². The van der Waals surface area contributed by atoms with Crippen molar-refractivity contribution in [1.82, 2.24) is 14.9 Å². The number of alkyl halides is 6. The van der Waals surface area contributed by atoms with Gasteiger partial charge in [0.25, 0.3) is 15.9 Å². The van der Waals surface area contributed by atoms with Crippen molar-refractivity contribution in [3.8, 4) is 17.2 Å². The number of hydrogen-bond donors (Lipinski definition) is 2. The Labute approximate surface area is 209 Å². The van der Waals surface area contributed by atoms with Crippen molar-refractivity contribution >= 4 is 33.2 Å². The molecular weight excluding hydrogens is 558 g/mol. The molecule has 0 spiro atoms. The van der Waals surface area contributed by atoms with Gasteiger partial charge in [-0.2, -0.15) is 18.3 Å². The van der Waals surface area contributed by atoms with E-state index in [0.717, 1.165) is 43.6 Å². The van der Waals surface area contributed by atoms with Crippen LogP contribution in [0.4, 0.5) is 32.0 Å². The Bertz CT molecular complexity index is 1420. The van der Waals surface area contributed by atoms with Crippen LogP contribution in [0.25, 0.3) is 0 Å². The minimum Gasteiger partial charge on any atom is -0.457 e. The topological polar surface area (TPSA) is 120 Å². The first-order valence-corrected chi connectivity index (χ1v) is 11.5. The Morgan fingerprint density at radius 3 is 2.19 bits per heavy atom. The number of halogens is 7. The molecule has 2 aromatic carbocycles. The van der Waals surface area contributed by atoms with Crippen LogP contribution in [0.5, 0.6) is 17.2 Å². The third-order valence-corrected chi connectivity index (χ3v) is 5.94. The molecule has 0 saturated carbocycles. The molecule has 1 amide bonds. The summed E-state index contributed by atoms with van der Waals surface area (Å²) < 4.78 is 112. The number of carbonyl (C=O) groups is 1. The number of hydrogen-bond acceptors (Lipinski definition) is 7. The molecule has 0 unspecified atom stereocenters. The smallest absolute Gasteiger partial charge is 0.457 e. The summed E-state index contributed by atoms with van der Waals surface area (Å²) in [5, 5.41) is 7.69. The fourth-order valence-electron chi connectivity index (χ4n) is 2.72. The molecule has 0 atom stereocenters. The number of aromatic nitrogens is 2. The number of benzene rings is 2. The largest absolute Gasteiger partial charge is 0.573 e. The zero-order valence-electron chi connectivity index (χ0n) is 18.1. The van der Waals surface area contributed by atoms with Crippen LogP contribution in [-0.4, -0.2) is 37.9 Å². The predicted octanol–water partition coefficient (Wildman–Crippen LogP) is 5.00.